The summed E-state index contributed by atoms with van der Waals surface area (Å²) in [6, 6.07) is 3.73. The van der Waals surface area contributed by atoms with E-state index in [-0.39, 0.29) is 30.1 Å². The molecule has 5 N–H and O–H groups in total. The number of amides is 1. The van der Waals surface area contributed by atoms with Crippen LogP contribution in [0, 0.1) is 6.92 Å². The fraction of sp³-hybridized carbons (Fsp3) is 0.467. The number of fused-ring (bicyclic) bond motifs is 1. The number of carbonyl (C=O) groups is 2. The largest absolute Gasteiger partial charge is 0.483 e. The van der Waals surface area contributed by atoms with Gasteiger partial charge >= 0.3 is 0 Å². The number of nitrogens with two attached hydrogens (primary N) is 1. The van der Waals surface area contributed by atoms with Crippen LogP contribution in [0.5, 0.6) is 0 Å². The first kappa shape index (κ1) is 20.3. The van der Waals surface area contributed by atoms with Crippen LogP contribution in [0.15, 0.2) is 23.1 Å². The van der Waals surface area contributed by atoms with E-state index in [9.17, 15) is 18.3 Å². The van der Waals surface area contributed by atoms with E-state index in [1.165, 1.54) is 18.2 Å². The van der Waals surface area contributed by atoms with Crippen molar-refractivity contribution in [3.05, 3.63) is 29.3 Å². The van der Waals surface area contributed by atoms with Crippen molar-refractivity contribution >= 4 is 22.4 Å². The van der Waals surface area contributed by atoms with Crippen LogP contribution in [-0.2, 0) is 24.3 Å². The SMILES string of the molecule is Cc1ccc(S(N)(=O)=O)cc1C(=O)N[C@H]1CO[C@H]2[C@@H]1OC[C@@H]2O.O=CO. The molecular formula is C15H20N2O8S. The van der Waals surface area contributed by atoms with Gasteiger partial charge in [0, 0.05) is 5.56 Å². The Labute approximate surface area is 149 Å². The lowest BCUT2D eigenvalue weighted by molar-refractivity contribution is -0.122. The van der Waals surface area contributed by atoms with Crippen LogP contribution in [0.25, 0.3) is 0 Å². The molecule has 11 heteroatoms. The van der Waals surface area contributed by atoms with Gasteiger partial charge in [0.05, 0.1) is 24.2 Å². The van der Waals surface area contributed by atoms with E-state index in [2.05, 4.69) is 5.32 Å². The number of aryl methyl sites for hydroxylation is 1. The van der Waals surface area contributed by atoms with Gasteiger partial charge in [-0.2, -0.15) is 0 Å². The second-order valence-electron chi connectivity index (χ2n) is 5.87. The maximum Gasteiger partial charge on any atom is 0.290 e. The monoisotopic (exact) mass is 388 g/mol. The summed E-state index contributed by atoms with van der Waals surface area (Å²) in [6.07, 6.45) is -1.55. The highest BCUT2D eigenvalue weighted by molar-refractivity contribution is 7.89. The number of hydrogen-bond acceptors (Lipinski definition) is 7. The van der Waals surface area contributed by atoms with E-state index >= 15 is 0 Å². The molecule has 26 heavy (non-hydrogen) atoms. The Bertz CT molecular complexity index is 782. The maximum atomic E-state index is 12.5. The van der Waals surface area contributed by atoms with Crippen molar-refractivity contribution in [3.8, 4) is 0 Å². The average Bonchev–Trinajstić information content (AvgIpc) is 3.11. The number of carboxylic acid groups (broad SMARTS) is 1. The number of hydrogen-bond donors (Lipinski definition) is 4. The van der Waals surface area contributed by atoms with E-state index in [4.69, 9.17) is 24.5 Å². The zero-order valence-electron chi connectivity index (χ0n) is 13.9. The Balaban J connectivity index is 0.000000758. The molecule has 10 nitrogen and oxygen atoms in total. The summed E-state index contributed by atoms with van der Waals surface area (Å²) in [6.45, 7) is 1.85. The Kier molecular flexibility index (Phi) is 6.31. The minimum Gasteiger partial charge on any atom is -0.483 e. The topological polar surface area (TPSA) is 165 Å². The highest BCUT2D eigenvalue weighted by atomic mass is 32.2. The highest BCUT2D eigenvalue weighted by Gasteiger charge is 2.47. The van der Waals surface area contributed by atoms with Gasteiger partial charge < -0.3 is 25.0 Å². The van der Waals surface area contributed by atoms with Crippen LogP contribution in [0.1, 0.15) is 15.9 Å². The fourth-order valence-electron chi connectivity index (χ4n) is 2.87. The normalized spacial score (nSPS) is 27.2. The summed E-state index contributed by atoms with van der Waals surface area (Å²) in [4.78, 5) is 20.7. The molecule has 0 aromatic heterocycles. The molecule has 0 radical (unpaired) electrons. The van der Waals surface area contributed by atoms with Gasteiger partial charge in [0.2, 0.25) is 10.0 Å². The van der Waals surface area contributed by atoms with Gasteiger partial charge in [-0.05, 0) is 24.6 Å². The molecule has 1 aromatic rings. The Morgan fingerprint density at radius 1 is 1.31 bits per heavy atom. The third-order valence-electron chi connectivity index (χ3n) is 4.13. The van der Waals surface area contributed by atoms with Crippen molar-refractivity contribution < 1.29 is 37.7 Å². The van der Waals surface area contributed by atoms with Gasteiger partial charge in [-0.15, -0.1) is 0 Å². The summed E-state index contributed by atoms with van der Waals surface area (Å²) in [5.41, 5.74) is 0.844. The van der Waals surface area contributed by atoms with Gasteiger partial charge in [0.25, 0.3) is 12.4 Å². The Morgan fingerprint density at radius 2 is 1.92 bits per heavy atom. The predicted octanol–water partition coefficient (Wildman–Crippen LogP) is -1.40. The number of carbonyl (C=O) groups excluding carboxylic acids is 1. The lowest BCUT2D eigenvalue weighted by Crippen LogP contribution is -2.44. The van der Waals surface area contributed by atoms with E-state index in [1.807, 2.05) is 0 Å². The molecule has 2 saturated heterocycles. The number of aliphatic hydroxyl groups is 1. The van der Waals surface area contributed by atoms with Crippen LogP contribution in [0.4, 0.5) is 0 Å². The molecule has 0 bridgehead atoms. The molecule has 2 heterocycles. The van der Waals surface area contributed by atoms with Crippen LogP contribution >= 0.6 is 0 Å². The van der Waals surface area contributed by atoms with Crippen LogP contribution in [0.2, 0.25) is 0 Å². The molecule has 4 atom stereocenters. The lowest BCUT2D eigenvalue weighted by Gasteiger charge is -2.18. The lowest BCUT2D eigenvalue weighted by atomic mass is 10.1. The van der Waals surface area contributed by atoms with Gasteiger partial charge in [0.15, 0.2) is 0 Å². The molecular weight excluding hydrogens is 368 g/mol. The molecule has 0 spiro atoms. The summed E-state index contributed by atoms with van der Waals surface area (Å²) in [7, 11) is -3.89. The second-order valence-corrected chi connectivity index (χ2v) is 7.43. The quantitative estimate of drug-likeness (QED) is 0.459. The van der Waals surface area contributed by atoms with Gasteiger partial charge in [-0.1, -0.05) is 6.07 Å². The van der Waals surface area contributed by atoms with Gasteiger partial charge in [-0.25, -0.2) is 13.6 Å². The zero-order chi connectivity index (χ0) is 19.5. The minimum absolute atomic E-state index is 0.124. The molecule has 0 aliphatic carbocycles. The van der Waals surface area contributed by atoms with Crippen molar-refractivity contribution in [3.63, 3.8) is 0 Å². The first-order valence-electron chi connectivity index (χ1n) is 7.62. The number of primary sulfonamides is 1. The number of benzene rings is 1. The molecule has 1 aromatic carbocycles. The van der Waals surface area contributed by atoms with Gasteiger partial charge in [0.1, 0.15) is 18.3 Å². The molecule has 1 amide bonds. The van der Waals surface area contributed by atoms with Crippen molar-refractivity contribution in [1.82, 2.24) is 5.32 Å². The molecule has 2 aliphatic heterocycles. The van der Waals surface area contributed by atoms with Crippen molar-refractivity contribution in [1.29, 1.82) is 0 Å². The van der Waals surface area contributed by atoms with Crippen molar-refractivity contribution in [2.75, 3.05) is 13.2 Å². The van der Waals surface area contributed by atoms with Crippen LogP contribution in [0.3, 0.4) is 0 Å². The van der Waals surface area contributed by atoms with Gasteiger partial charge in [-0.3, -0.25) is 9.59 Å². The average molecular weight is 388 g/mol. The molecule has 0 unspecified atom stereocenters. The Hall–Kier alpha value is -2.05. The van der Waals surface area contributed by atoms with E-state index in [0.29, 0.717) is 5.56 Å². The number of nitrogens with one attached hydrogen (secondary N) is 1. The van der Waals surface area contributed by atoms with Crippen LogP contribution < -0.4 is 10.5 Å². The molecule has 0 saturated carbocycles. The van der Waals surface area contributed by atoms with E-state index in [0.717, 1.165) is 0 Å². The standard InChI is InChI=1S/C14H18N2O6S.CH2O2/c1-7-2-3-8(23(15,19)20)4-9(7)14(18)16-10-5-21-13-11(17)6-22-12(10)13;2-1-3/h2-4,10-13,17H,5-6H2,1H3,(H,16,18)(H2,15,19,20);1H,(H,2,3)/t10-,11-,12+,13+;/m0./s1. The second kappa shape index (κ2) is 8.10. The summed E-state index contributed by atoms with van der Waals surface area (Å²) < 4.78 is 33.7. The summed E-state index contributed by atoms with van der Waals surface area (Å²) in [5, 5.41) is 24.5. The third kappa shape index (κ3) is 4.37. The molecule has 2 aliphatic rings. The first-order valence-corrected chi connectivity index (χ1v) is 9.17. The third-order valence-corrected chi connectivity index (χ3v) is 5.04. The number of ether oxygens (including phenoxy) is 2. The minimum atomic E-state index is -3.89. The Morgan fingerprint density at radius 3 is 2.54 bits per heavy atom. The number of aliphatic hydroxyl groups excluding tert-OH is 1. The smallest absolute Gasteiger partial charge is 0.290 e. The number of sulfonamides is 1. The molecule has 2 fully saturated rings. The maximum absolute atomic E-state index is 12.5. The van der Waals surface area contributed by atoms with Crippen LogP contribution in [-0.4, -0.2) is 68.6 Å². The zero-order valence-corrected chi connectivity index (χ0v) is 14.7. The molecule has 144 valence electrons. The van der Waals surface area contributed by atoms with Crippen molar-refractivity contribution in [2.24, 2.45) is 5.14 Å². The summed E-state index contributed by atoms with van der Waals surface area (Å²) >= 11 is 0. The fourth-order valence-corrected chi connectivity index (χ4v) is 3.41. The first-order chi connectivity index (χ1) is 12.2. The van der Waals surface area contributed by atoms with Crippen molar-refractivity contribution in [2.45, 2.75) is 36.2 Å². The predicted molar refractivity (Wildman–Crippen MR) is 88.0 cm³/mol. The number of rotatable bonds is 3. The van der Waals surface area contributed by atoms with E-state index < -0.39 is 40.3 Å². The summed E-state index contributed by atoms with van der Waals surface area (Å²) in [5.74, 6) is -0.438. The molecule has 3 rings (SSSR count). The highest BCUT2D eigenvalue weighted by Crippen LogP contribution is 2.27. The van der Waals surface area contributed by atoms with E-state index in [1.54, 1.807) is 6.92 Å².